The van der Waals surface area contributed by atoms with E-state index in [-0.39, 0.29) is 11.9 Å². The van der Waals surface area contributed by atoms with Gasteiger partial charge >= 0.3 is 0 Å². The lowest BCUT2D eigenvalue weighted by molar-refractivity contribution is 0.612. The summed E-state index contributed by atoms with van der Waals surface area (Å²) < 4.78 is 13.7. The molecule has 1 aromatic heterocycles. The summed E-state index contributed by atoms with van der Waals surface area (Å²) in [6.45, 7) is 0. The van der Waals surface area contributed by atoms with Gasteiger partial charge in [0.2, 0.25) is 0 Å². The summed E-state index contributed by atoms with van der Waals surface area (Å²) in [5.41, 5.74) is 2.25. The molecule has 0 fully saturated rings. The van der Waals surface area contributed by atoms with Crippen molar-refractivity contribution in [1.29, 1.82) is 5.26 Å². The molecule has 0 amide bonds. The normalized spacial score (nSPS) is 16.7. The summed E-state index contributed by atoms with van der Waals surface area (Å²) in [6, 6.07) is 10.7. The van der Waals surface area contributed by atoms with Crippen LogP contribution in [-0.4, -0.2) is 4.98 Å². The summed E-state index contributed by atoms with van der Waals surface area (Å²) in [5.74, 6) is 0.412. The lowest BCUT2D eigenvalue weighted by atomic mass is 10.1. The first kappa shape index (κ1) is 11.7. The first-order valence-corrected chi connectivity index (χ1v) is 6.18. The highest BCUT2D eigenvalue weighted by Crippen LogP contribution is 2.35. The van der Waals surface area contributed by atoms with Gasteiger partial charge in [0.05, 0.1) is 11.6 Å². The zero-order valence-electron chi connectivity index (χ0n) is 10.2. The van der Waals surface area contributed by atoms with E-state index in [4.69, 9.17) is 5.26 Å². The van der Waals surface area contributed by atoms with Crippen molar-refractivity contribution in [2.24, 2.45) is 0 Å². The van der Waals surface area contributed by atoms with Crippen LogP contribution in [-0.2, 0) is 6.42 Å². The van der Waals surface area contributed by atoms with Gasteiger partial charge in [0.1, 0.15) is 17.7 Å². The Kier molecular flexibility index (Phi) is 2.88. The molecule has 0 spiro atoms. The number of fused-ring (bicyclic) bond motifs is 1. The largest absolute Gasteiger partial charge is 0.362 e. The molecule has 0 radical (unpaired) electrons. The molecule has 1 N–H and O–H groups in total. The maximum Gasteiger partial charge on any atom is 0.144 e. The number of nitrogens with one attached hydrogen (secondary N) is 1. The van der Waals surface area contributed by atoms with Crippen LogP contribution in [0, 0.1) is 17.1 Å². The number of halogens is 1. The lowest BCUT2D eigenvalue weighted by Crippen LogP contribution is -2.09. The monoisotopic (exact) mass is 253 g/mol. The fraction of sp³-hybridized carbons (Fsp3) is 0.200. The van der Waals surface area contributed by atoms with Gasteiger partial charge in [-0.15, -0.1) is 0 Å². The predicted octanol–water partition coefficient (Wildman–Crippen LogP) is 3.19. The fourth-order valence-electron chi connectivity index (χ4n) is 2.54. The van der Waals surface area contributed by atoms with Gasteiger partial charge in [-0.2, -0.15) is 5.26 Å². The molecule has 3 rings (SSSR count). The first-order valence-electron chi connectivity index (χ1n) is 6.18. The van der Waals surface area contributed by atoms with Crippen molar-refractivity contribution in [2.75, 3.05) is 5.32 Å². The van der Waals surface area contributed by atoms with E-state index in [0.29, 0.717) is 17.8 Å². The van der Waals surface area contributed by atoms with Crippen molar-refractivity contribution >= 4 is 5.82 Å². The minimum absolute atomic E-state index is 0.0210. The van der Waals surface area contributed by atoms with Gasteiger partial charge in [-0.1, -0.05) is 12.1 Å². The van der Waals surface area contributed by atoms with Crippen LogP contribution in [0.3, 0.4) is 0 Å². The highest BCUT2D eigenvalue weighted by molar-refractivity contribution is 5.53. The Morgan fingerprint density at radius 3 is 3.05 bits per heavy atom. The van der Waals surface area contributed by atoms with Crippen molar-refractivity contribution in [3.05, 3.63) is 59.0 Å². The van der Waals surface area contributed by atoms with E-state index < -0.39 is 0 Å². The highest BCUT2D eigenvalue weighted by Gasteiger charge is 2.25. The van der Waals surface area contributed by atoms with Gasteiger partial charge in [0, 0.05) is 6.20 Å². The van der Waals surface area contributed by atoms with E-state index in [1.165, 1.54) is 6.07 Å². The van der Waals surface area contributed by atoms with Crippen LogP contribution in [0.15, 0.2) is 36.5 Å². The van der Waals surface area contributed by atoms with Gasteiger partial charge in [-0.3, -0.25) is 0 Å². The summed E-state index contributed by atoms with van der Waals surface area (Å²) in [4.78, 5) is 4.18. The third kappa shape index (κ3) is 2.04. The Morgan fingerprint density at radius 2 is 2.21 bits per heavy atom. The minimum Gasteiger partial charge on any atom is -0.362 e. The van der Waals surface area contributed by atoms with Crippen molar-refractivity contribution in [3.8, 4) is 6.07 Å². The van der Waals surface area contributed by atoms with E-state index in [1.54, 1.807) is 24.4 Å². The first-order chi connectivity index (χ1) is 9.29. The third-order valence-corrected chi connectivity index (χ3v) is 3.45. The third-order valence-electron chi connectivity index (χ3n) is 3.45. The molecule has 1 atom stereocenters. The van der Waals surface area contributed by atoms with Crippen LogP contribution < -0.4 is 5.32 Å². The molecule has 1 aliphatic rings. The molecule has 0 aliphatic heterocycles. The number of aromatic nitrogens is 1. The molecule has 1 aromatic carbocycles. The fourth-order valence-corrected chi connectivity index (χ4v) is 2.54. The van der Waals surface area contributed by atoms with Crippen LogP contribution in [0.4, 0.5) is 10.2 Å². The Hall–Kier alpha value is -2.41. The van der Waals surface area contributed by atoms with E-state index in [0.717, 1.165) is 17.5 Å². The molecule has 19 heavy (non-hydrogen) atoms. The number of benzene rings is 1. The van der Waals surface area contributed by atoms with Crippen molar-refractivity contribution in [3.63, 3.8) is 0 Å². The molecule has 1 aliphatic carbocycles. The Labute approximate surface area is 110 Å². The smallest absolute Gasteiger partial charge is 0.144 e. The molecule has 0 bridgehead atoms. The molecule has 0 saturated carbocycles. The average Bonchev–Trinajstić information content (AvgIpc) is 2.84. The van der Waals surface area contributed by atoms with E-state index in [9.17, 15) is 4.39 Å². The number of pyridine rings is 1. The summed E-state index contributed by atoms with van der Waals surface area (Å²) in [6.07, 6.45) is 3.18. The number of nitrogens with zero attached hydrogens (tertiary/aromatic N) is 2. The van der Waals surface area contributed by atoms with Crippen molar-refractivity contribution < 1.29 is 4.39 Å². The number of rotatable bonds is 2. The Bertz CT molecular complexity index is 661. The molecular formula is C15H12FN3. The molecule has 1 unspecified atom stereocenters. The van der Waals surface area contributed by atoms with Crippen LogP contribution >= 0.6 is 0 Å². The van der Waals surface area contributed by atoms with Crippen LogP contribution in [0.1, 0.15) is 29.2 Å². The molecule has 2 aromatic rings. The van der Waals surface area contributed by atoms with Crippen molar-refractivity contribution in [2.45, 2.75) is 18.9 Å². The second-order valence-corrected chi connectivity index (χ2v) is 4.55. The standard InChI is InChI=1S/C15H12FN3/c16-13-5-1-4-12-11(13)6-7-14(12)19-15-10(9-17)3-2-8-18-15/h1-5,8,14H,6-7H2,(H,18,19). The minimum atomic E-state index is -0.150. The van der Waals surface area contributed by atoms with Gasteiger partial charge in [-0.05, 0) is 42.2 Å². The SMILES string of the molecule is N#Cc1cccnc1NC1CCc2c(F)cccc21. The Balaban J connectivity index is 1.92. The zero-order valence-corrected chi connectivity index (χ0v) is 10.2. The second kappa shape index (κ2) is 4.69. The quantitative estimate of drug-likeness (QED) is 0.894. The summed E-state index contributed by atoms with van der Waals surface area (Å²) >= 11 is 0. The van der Waals surface area contributed by atoms with Crippen LogP contribution in [0.2, 0.25) is 0 Å². The van der Waals surface area contributed by atoms with E-state index in [2.05, 4.69) is 16.4 Å². The molecule has 4 heteroatoms. The lowest BCUT2D eigenvalue weighted by Gasteiger charge is -2.15. The zero-order chi connectivity index (χ0) is 13.2. The molecular weight excluding hydrogens is 241 g/mol. The predicted molar refractivity (Wildman–Crippen MR) is 70.0 cm³/mol. The van der Waals surface area contributed by atoms with Crippen LogP contribution in [0.25, 0.3) is 0 Å². The van der Waals surface area contributed by atoms with E-state index in [1.807, 2.05) is 6.07 Å². The second-order valence-electron chi connectivity index (χ2n) is 4.55. The molecule has 1 heterocycles. The van der Waals surface area contributed by atoms with Crippen LogP contribution in [0.5, 0.6) is 0 Å². The molecule has 0 saturated heterocycles. The summed E-state index contributed by atoms with van der Waals surface area (Å²) in [5, 5.41) is 12.3. The summed E-state index contributed by atoms with van der Waals surface area (Å²) in [7, 11) is 0. The number of anilines is 1. The average molecular weight is 253 g/mol. The molecule has 3 nitrogen and oxygen atoms in total. The maximum atomic E-state index is 13.7. The topological polar surface area (TPSA) is 48.7 Å². The number of hydrogen-bond donors (Lipinski definition) is 1. The molecule has 94 valence electrons. The highest BCUT2D eigenvalue weighted by atomic mass is 19.1. The van der Waals surface area contributed by atoms with Gasteiger partial charge in [-0.25, -0.2) is 9.37 Å². The van der Waals surface area contributed by atoms with Gasteiger partial charge in [0.25, 0.3) is 0 Å². The maximum absolute atomic E-state index is 13.7. The number of nitriles is 1. The van der Waals surface area contributed by atoms with E-state index >= 15 is 0 Å². The van der Waals surface area contributed by atoms with Gasteiger partial charge < -0.3 is 5.32 Å². The van der Waals surface area contributed by atoms with Crippen molar-refractivity contribution in [1.82, 2.24) is 4.98 Å². The van der Waals surface area contributed by atoms with Gasteiger partial charge in [0.15, 0.2) is 0 Å². The Morgan fingerprint density at radius 1 is 1.32 bits per heavy atom. The number of hydrogen-bond acceptors (Lipinski definition) is 3.